The summed E-state index contributed by atoms with van der Waals surface area (Å²) < 4.78 is 26.4. The number of nitriles is 1. The summed E-state index contributed by atoms with van der Waals surface area (Å²) in [5.41, 5.74) is 5.68. The average Bonchev–Trinajstić information content (AvgIpc) is 3.44. The number of aromatic nitrogens is 2. The predicted molar refractivity (Wildman–Crippen MR) is 105 cm³/mol. The SMILES string of the molecule is N#CN[S@](=O)(=NC(=O)Nc1c2c(cc3c1CCC3)CCC2)c1cnn2c1OCC2. The Labute approximate surface area is 168 Å². The zero-order valence-corrected chi connectivity index (χ0v) is 16.5. The molecule has 0 saturated carbocycles. The molecule has 2 N–H and O–H groups in total. The molecular weight excluding hydrogens is 392 g/mol. The number of carbonyl (C=O) groups excluding carboxylic acids is 1. The van der Waals surface area contributed by atoms with Crippen LogP contribution in [-0.2, 0) is 42.1 Å². The summed E-state index contributed by atoms with van der Waals surface area (Å²) in [6, 6.07) is 1.52. The molecule has 9 nitrogen and oxygen atoms in total. The molecule has 3 aliphatic rings. The van der Waals surface area contributed by atoms with Crippen LogP contribution < -0.4 is 14.8 Å². The summed E-state index contributed by atoms with van der Waals surface area (Å²) in [4.78, 5) is 12.9. The van der Waals surface area contributed by atoms with Gasteiger partial charge in [-0.2, -0.15) is 10.4 Å². The molecule has 29 heavy (non-hydrogen) atoms. The van der Waals surface area contributed by atoms with E-state index in [9.17, 15) is 9.00 Å². The van der Waals surface area contributed by atoms with Crippen LogP contribution in [0.1, 0.15) is 35.1 Å². The van der Waals surface area contributed by atoms with Crippen molar-refractivity contribution >= 4 is 21.6 Å². The van der Waals surface area contributed by atoms with E-state index < -0.39 is 15.9 Å². The first-order chi connectivity index (χ1) is 14.1. The van der Waals surface area contributed by atoms with Crippen molar-refractivity contribution in [2.45, 2.75) is 50.0 Å². The zero-order chi connectivity index (χ0) is 20.0. The van der Waals surface area contributed by atoms with Gasteiger partial charge in [0, 0.05) is 5.69 Å². The van der Waals surface area contributed by atoms with Crippen LogP contribution in [0.5, 0.6) is 5.88 Å². The van der Waals surface area contributed by atoms with Gasteiger partial charge >= 0.3 is 6.03 Å². The fourth-order valence-electron chi connectivity index (χ4n) is 4.48. The minimum absolute atomic E-state index is 0.107. The van der Waals surface area contributed by atoms with Gasteiger partial charge in [0.1, 0.15) is 6.61 Å². The number of urea groups is 1. The third-order valence-corrected chi connectivity index (χ3v) is 7.37. The molecule has 1 aliphatic heterocycles. The standard InChI is InChI=1S/C19H20N6O3S/c20-11-22-29(27,16-10-21-25-7-8-28-18(16)25)24-19(26)23-17-14-5-1-3-12(14)9-13-4-2-6-15(13)17/h9-10H,1-8H2,(H2,22,23,24,26,27)/t29-/m0/s1. The highest BCUT2D eigenvalue weighted by atomic mass is 32.2. The van der Waals surface area contributed by atoms with Crippen molar-refractivity contribution in [3.63, 3.8) is 0 Å². The Bertz CT molecular complexity index is 1150. The van der Waals surface area contributed by atoms with Crippen LogP contribution in [-0.4, -0.2) is 26.6 Å². The van der Waals surface area contributed by atoms with Crippen molar-refractivity contribution in [3.05, 3.63) is 34.5 Å². The van der Waals surface area contributed by atoms with E-state index in [1.807, 2.05) is 0 Å². The van der Waals surface area contributed by atoms with Gasteiger partial charge in [0.05, 0.1) is 12.7 Å². The Morgan fingerprint density at radius 2 is 1.97 bits per heavy atom. The number of ether oxygens (including phenoxy) is 1. The first-order valence-electron chi connectivity index (χ1n) is 9.68. The number of aryl methyl sites for hydroxylation is 2. The number of fused-ring (bicyclic) bond motifs is 3. The summed E-state index contributed by atoms with van der Waals surface area (Å²) in [6.45, 7) is 0.915. The fourth-order valence-corrected chi connectivity index (χ4v) is 5.73. The number of carbonyl (C=O) groups is 1. The summed E-state index contributed by atoms with van der Waals surface area (Å²) >= 11 is 0. The van der Waals surface area contributed by atoms with Crippen molar-refractivity contribution in [3.8, 4) is 12.1 Å². The van der Waals surface area contributed by atoms with Gasteiger partial charge in [0.15, 0.2) is 21.0 Å². The van der Waals surface area contributed by atoms with E-state index in [1.54, 1.807) is 10.9 Å². The number of nitrogens with zero attached hydrogens (tertiary/aromatic N) is 4. The van der Waals surface area contributed by atoms with Crippen LogP contribution in [0.25, 0.3) is 0 Å². The summed E-state index contributed by atoms with van der Waals surface area (Å²) in [5, 5.41) is 16.1. The largest absolute Gasteiger partial charge is 0.475 e. The first kappa shape index (κ1) is 18.0. The maximum Gasteiger partial charge on any atom is 0.355 e. The van der Waals surface area contributed by atoms with Crippen molar-refractivity contribution in [2.75, 3.05) is 11.9 Å². The molecule has 0 bridgehead atoms. The molecule has 0 radical (unpaired) electrons. The lowest BCUT2D eigenvalue weighted by atomic mass is 9.99. The van der Waals surface area contributed by atoms with E-state index in [1.165, 1.54) is 17.3 Å². The monoisotopic (exact) mass is 412 g/mol. The number of anilines is 1. The Kier molecular flexibility index (Phi) is 4.20. The molecule has 0 saturated heterocycles. The number of benzene rings is 1. The number of nitrogens with one attached hydrogen (secondary N) is 2. The van der Waals surface area contributed by atoms with Crippen LogP contribution in [0, 0.1) is 11.5 Å². The van der Waals surface area contributed by atoms with Gasteiger partial charge in [-0.15, -0.1) is 4.36 Å². The molecule has 2 amide bonds. The Hall–Kier alpha value is -3.06. The average molecular weight is 412 g/mol. The molecular formula is C19H20N6O3S. The van der Waals surface area contributed by atoms with Crippen molar-refractivity contribution in [1.29, 1.82) is 5.26 Å². The molecule has 0 spiro atoms. The lowest BCUT2D eigenvalue weighted by Gasteiger charge is -2.15. The van der Waals surface area contributed by atoms with E-state index in [-0.39, 0.29) is 10.8 Å². The van der Waals surface area contributed by atoms with E-state index >= 15 is 0 Å². The van der Waals surface area contributed by atoms with Gasteiger partial charge in [0.25, 0.3) is 0 Å². The molecule has 0 fully saturated rings. The molecule has 2 heterocycles. The minimum atomic E-state index is -3.55. The molecule has 2 aromatic rings. The van der Waals surface area contributed by atoms with Gasteiger partial charge in [0.2, 0.25) is 5.88 Å². The third-order valence-electron chi connectivity index (χ3n) is 5.70. The predicted octanol–water partition coefficient (Wildman–Crippen LogP) is 2.30. The fraction of sp³-hybridized carbons (Fsp3) is 0.421. The summed E-state index contributed by atoms with van der Waals surface area (Å²) in [5.74, 6) is 0.274. The summed E-state index contributed by atoms with van der Waals surface area (Å²) in [6.07, 6.45) is 8.94. The van der Waals surface area contributed by atoms with Crippen molar-refractivity contribution in [2.24, 2.45) is 4.36 Å². The van der Waals surface area contributed by atoms with Crippen LogP contribution in [0.15, 0.2) is 21.5 Å². The Morgan fingerprint density at radius 3 is 2.66 bits per heavy atom. The second kappa shape index (κ2) is 6.77. The van der Waals surface area contributed by atoms with E-state index in [0.717, 1.165) is 55.3 Å². The molecule has 150 valence electrons. The lowest BCUT2D eigenvalue weighted by molar-refractivity contribution is 0.260. The van der Waals surface area contributed by atoms with Crippen LogP contribution in [0.4, 0.5) is 10.5 Å². The van der Waals surface area contributed by atoms with E-state index in [0.29, 0.717) is 13.2 Å². The zero-order valence-electron chi connectivity index (χ0n) is 15.7. The highest BCUT2D eigenvalue weighted by molar-refractivity contribution is 7.92. The number of rotatable bonds is 3. The molecule has 1 atom stereocenters. The summed E-state index contributed by atoms with van der Waals surface area (Å²) in [7, 11) is -3.55. The maximum absolute atomic E-state index is 13.4. The number of hydrogen-bond donors (Lipinski definition) is 2. The van der Waals surface area contributed by atoms with Gasteiger partial charge in [-0.3, -0.25) is 0 Å². The lowest BCUT2D eigenvalue weighted by Crippen LogP contribution is -2.22. The van der Waals surface area contributed by atoms with Gasteiger partial charge in [-0.25, -0.2) is 18.4 Å². The maximum atomic E-state index is 13.4. The number of amides is 2. The van der Waals surface area contributed by atoms with Gasteiger partial charge < -0.3 is 10.1 Å². The smallest absolute Gasteiger partial charge is 0.355 e. The minimum Gasteiger partial charge on any atom is -0.475 e. The van der Waals surface area contributed by atoms with Gasteiger partial charge in [-0.05, 0) is 60.8 Å². The first-order valence-corrected chi connectivity index (χ1v) is 11.2. The van der Waals surface area contributed by atoms with Crippen LogP contribution in [0.2, 0.25) is 0 Å². The van der Waals surface area contributed by atoms with Gasteiger partial charge in [-0.1, -0.05) is 6.07 Å². The normalized spacial score (nSPS) is 18.0. The van der Waals surface area contributed by atoms with E-state index in [4.69, 9.17) is 10.00 Å². The third kappa shape index (κ3) is 2.93. The molecule has 10 heteroatoms. The second-order valence-corrected chi connectivity index (χ2v) is 9.26. The molecule has 5 rings (SSSR count). The topological polar surface area (TPSA) is 121 Å². The molecule has 1 aromatic heterocycles. The van der Waals surface area contributed by atoms with E-state index in [2.05, 4.69) is 25.6 Å². The quantitative estimate of drug-likeness (QED) is 0.592. The van der Waals surface area contributed by atoms with Crippen molar-refractivity contribution in [1.82, 2.24) is 14.5 Å². The van der Waals surface area contributed by atoms with Crippen LogP contribution in [0.3, 0.4) is 0 Å². The highest BCUT2D eigenvalue weighted by Gasteiger charge is 2.29. The van der Waals surface area contributed by atoms with Crippen molar-refractivity contribution < 1.29 is 13.7 Å². The Morgan fingerprint density at radius 1 is 1.24 bits per heavy atom. The molecule has 2 aliphatic carbocycles. The Balaban J connectivity index is 1.53. The molecule has 1 aromatic carbocycles. The highest BCUT2D eigenvalue weighted by Crippen LogP contribution is 2.38. The van der Waals surface area contributed by atoms with Crippen LogP contribution >= 0.6 is 0 Å². The molecule has 0 unspecified atom stereocenters. The second-order valence-electron chi connectivity index (χ2n) is 7.38. The number of hydrogen-bond acceptors (Lipinski definition) is 5.